The molecule has 0 heterocycles. The normalized spacial score (nSPS) is 11.4. The van der Waals surface area contributed by atoms with Gasteiger partial charge in [-0.15, -0.1) is 0 Å². The van der Waals surface area contributed by atoms with Crippen LogP contribution in [0.4, 0.5) is 0 Å². The summed E-state index contributed by atoms with van der Waals surface area (Å²) in [5.74, 6) is -1.07. The van der Waals surface area contributed by atoms with E-state index in [4.69, 9.17) is 21.9 Å². The molecule has 0 radical (unpaired) electrons. The van der Waals surface area contributed by atoms with Gasteiger partial charge in [-0.25, -0.2) is 0 Å². The van der Waals surface area contributed by atoms with Gasteiger partial charge >= 0.3 is 5.97 Å². The Labute approximate surface area is 85.4 Å². The second kappa shape index (κ2) is 4.62. The summed E-state index contributed by atoms with van der Waals surface area (Å²) in [5, 5.41) is 20.4. The van der Waals surface area contributed by atoms with Crippen LogP contribution in [0.1, 0.15) is 12.0 Å². The summed E-state index contributed by atoms with van der Waals surface area (Å²) < 4.78 is 0. The fourth-order valence-corrected chi connectivity index (χ4v) is 1.27. The minimum absolute atomic E-state index is 0.0445. The first-order valence-electron chi connectivity index (χ1n) is 3.82. The molecule has 0 spiro atoms. The van der Waals surface area contributed by atoms with E-state index in [1.807, 2.05) is 0 Å². The Hall–Kier alpha value is -1.55. The number of hydrogen-bond acceptors (Lipinski definition) is 3. The summed E-state index contributed by atoms with van der Waals surface area (Å²) in [6.07, 6.45) is -0.361. The number of oxime groups is 1. The first kappa shape index (κ1) is 10.5. The summed E-state index contributed by atoms with van der Waals surface area (Å²) in [7, 11) is 0. The van der Waals surface area contributed by atoms with E-state index in [1.54, 1.807) is 24.3 Å². The molecular weight excluding hydrogens is 206 g/mol. The molecule has 0 bridgehead atoms. The third kappa shape index (κ3) is 2.47. The minimum Gasteiger partial charge on any atom is -0.481 e. The smallest absolute Gasteiger partial charge is 0.309 e. The quantitative estimate of drug-likeness (QED) is 0.458. The zero-order valence-corrected chi connectivity index (χ0v) is 7.90. The monoisotopic (exact) mass is 213 g/mol. The molecule has 0 amide bonds. The maximum Gasteiger partial charge on any atom is 0.309 e. The lowest BCUT2D eigenvalue weighted by Gasteiger charge is -2.03. The van der Waals surface area contributed by atoms with Crippen LogP contribution in [-0.2, 0) is 4.79 Å². The van der Waals surface area contributed by atoms with Gasteiger partial charge in [0.05, 0.1) is 12.1 Å². The van der Waals surface area contributed by atoms with Crippen LogP contribution in [0.25, 0.3) is 0 Å². The summed E-state index contributed by atoms with van der Waals surface area (Å²) in [4.78, 5) is 10.4. The molecule has 1 aromatic carbocycles. The maximum absolute atomic E-state index is 10.4. The summed E-state index contributed by atoms with van der Waals surface area (Å²) in [6.45, 7) is 0. The van der Waals surface area contributed by atoms with Gasteiger partial charge in [-0.1, -0.05) is 35.0 Å². The van der Waals surface area contributed by atoms with E-state index in [0.717, 1.165) is 0 Å². The van der Waals surface area contributed by atoms with Crippen molar-refractivity contribution in [3.63, 3.8) is 0 Å². The summed E-state index contributed by atoms with van der Waals surface area (Å²) >= 11 is 5.80. The maximum atomic E-state index is 10.4. The Kier molecular flexibility index (Phi) is 3.48. The van der Waals surface area contributed by atoms with Gasteiger partial charge in [0.25, 0.3) is 0 Å². The van der Waals surface area contributed by atoms with Gasteiger partial charge < -0.3 is 10.3 Å². The standard InChI is InChI=1S/C9H8ClNO3/c10-7-4-2-1-3-6(7)8(11-14)5-9(12)13/h1-4,14H,5H2,(H,12,13)/b11-8-. The topological polar surface area (TPSA) is 69.9 Å². The lowest BCUT2D eigenvalue weighted by atomic mass is 10.1. The first-order chi connectivity index (χ1) is 6.65. The number of aliphatic carboxylic acids is 1. The number of halogens is 1. The first-order valence-corrected chi connectivity index (χ1v) is 4.20. The highest BCUT2D eigenvalue weighted by Gasteiger charge is 2.11. The molecule has 0 fully saturated rings. The molecule has 74 valence electrons. The average Bonchev–Trinajstić information content (AvgIpc) is 2.15. The van der Waals surface area contributed by atoms with Crippen LogP contribution in [0.3, 0.4) is 0 Å². The van der Waals surface area contributed by atoms with Crippen LogP contribution >= 0.6 is 11.6 Å². The number of benzene rings is 1. The van der Waals surface area contributed by atoms with Gasteiger partial charge in [-0.3, -0.25) is 4.79 Å². The number of nitrogens with zero attached hydrogens (tertiary/aromatic N) is 1. The highest BCUT2D eigenvalue weighted by molar-refractivity contribution is 6.34. The Morgan fingerprint density at radius 1 is 1.43 bits per heavy atom. The molecule has 2 N–H and O–H groups in total. The number of carboxylic acids is 1. The van der Waals surface area contributed by atoms with Crippen molar-refractivity contribution < 1.29 is 15.1 Å². The molecule has 4 nitrogen and oxygen atoms in total. The van der Waals surface area contributed by atoms with Crippen LogP contribution in [0.15, 0.2) is 29.4 Å². The van der Waals surface area contributed by atoms with E-state index < -0.39 is 5.97 Å². The average molecular weight is 214 g/mol. The van der Waals surface area contributed by atoms with E-state index >= 15 is 0 Å². The SMILES string of the molecule is O=C(O)C/C(=N/O)c1ccccc1Cl. The predicted octanol–water partition coefficient (Wildman–Crippen LogP) is 1.99. The van der Waals surface area contributed by atoms with E-state index in [1.165, 1.54) is 0 Å². The van der Waals surface area contributed by atoms with Crippen molar-refractivity contribution in [2.45, 2.75) is 6.42 Å². The molecule has 0 saturated heterocycles. The van der Waals surface area contributed by atoms with Crippen molar-refractivity contribution in [1.29, 1.82) is 0 Å². The molecule has 0 aliphatic carbocycles. The predicted molar refractivity (Wildman–Crippen MR) is 52.0 cm³/mol. The molecule has 0 unspecified atom stereocenters. The highest BCUT2D eigenvalue weighted by atomic mass is 35.5. The van der Waals surface area contributed by atoms with Gasteiger partial charge in [0.15, 0.2) is 0 Å². The second-order valence-electron chi connectivity index (χ2n) is 2.60. The van der Waals surface area contributed by atoms with E-state index in [-0.39, 0.29) is 12.1 Å². The molecule has 0 aromatic heterocycles. The van der Waals surface area contributed by atoms with Crippen LogP contribution in [0, 0.1) is 0 Å². The molecule has 1 rings (SSSR count). The van der Waals surface area contributed by atoms with Crippen LogP contribution in [0.5, 0.6) is 0 Å². The van der Waals surface area contributed by atoms with Crippen LogP contribution in [-0.4, -0.2) is 22.0 Å². The fourth-order valence-electron chi connectivity index (χ4n) is 1.02. The Balaban J connectivity index is 3.02. The van der Waals surface area contributed by atoms with Crippen molar-refractivity contribution >= 4 is 23.3 Å². The fraction of sp³-hybridized carbons (Fsp3) is 0.111. The summed E-state index contributed by atoms with van der Waals surface area (Å²) in [5.41, 5.74) is 0.474. The van der Waals surface area contributed by atoms with Gasteiger partial charge in [-0.05, 0) is 6.07 Å². The number of carboxylic acid groups (broad SMARTS) is 1. The lowest BCUT2D eigenvalue weighted by Crippen LogP contribution is -2.08. The van der Waals surface area contributed by atoms with Crippen molar-refractivity contribution in [2.75, 3.05) is 0 Å². The molecule has 14 heavy (non-hydrogen) atoms. The molecule has 1 aromatic rings. The Morgan fingerprint density at radius 2 is 2.07 bits per heavy atom. The molecule has 0 aliphatic rings. The Morgan fingerprint density at radius 3 is 2.57 bits per heavy atom. The van der Waals surface area contributed by atoms with Gasteiger partial charge in [-0.2, -0.15) is 0 Å². The van der Waals surface area contributed by atoms with Gasteiger partial charge in [0, 0.05) is 10.6 Å². The zero-order valence-electron chi connectivity index (χ0n) is 7.14. The van der Waals surface area contributed by atoms with Gasteiger partial charge in [0.1, 0.15) is 0 Å². The molecule has 0 atom stereocenters. The largest absolute Gasteiger partial charge is 0.481 e. The minimum atomic E-state index is -1.07. The van der Waals surface area contributed by atoms with Crippen molar-refractivity contribution in [3.8, 4) is 0 Å². The highest BCUT2D eigenvalue weighted by Crippen LogP contribution is 2.17. The van der Waals surface area contributed by atoms with Crippen LogP contribution in [0.2, 0.25) is 5.02 Å². The molecule has 5 heteroatoms. The third-order valence-electron chi connectivity index (χ3n) is 1.62. The van der Waals surface area contributed by atoms with Crippen LogP contribution < -0.4 is 0 Å². The molecule has 0 saturated carbocycles. The third-order valence-corrected chi connectivity index (χ3v) is 1.95. The Bertz CT molecular complexity index is 376. The second-order valence-corrected chi connectivity index (χ2v) is 3.00. The van der Waals surface area contributed by atoms with Crippen molar-refractivity contribution in [3.05, 3.63) is 34.9 Å². The van der Waals surface area contributed by atoms with E-state index in [0.29, 0.717) is 10.6 Å². The molecular formula is C9H8ClNO3. The lowest BCUT2D eigenvalue weighted by molar-refractivity contribution is -0.135. The van der Waals surface area contributed by atoms with Crippen molar-refractivity contribution in [1.82, 2.24) is 0 Å². The van der Waals surface area contributed by atoms with E-state index in [2.05, 4.69) is 5.16 Å². The number of rotatable bonds is 3. The number of hydrogen-bond donors (Lipinski definition) is 2. The molecule has 0 aliphatic heterocycles. The van der Waals surface area contributed by atoms with Crippen molar-refractivity contribution in [2.24, 2.45) is 5.16 Å². The summed E-state index contributed by atoms with van der Waals surface area (Å²) in [6, 6.07) is 6.60. The van der Waals surface area contributed by atoms with Gasteiger partial charge in [0.2, 0.25) is 0 Å². The van der Waals surface area contributed by atoms with E-state index in [9.17, 15) is 4.79 Å². The zero-order chi connectivity index (χ0) is 10.6. The number of carbonyl (C=O) groups is 1.